The van der Waals surface area contributed by atoms with Crippen LogP contribution in [0, 0.1) is 13.8 Å². The Kier molecular flexibility index (Phi) is 5.81. The molecule has 0 aliphatic carbocycles. The van der Waals surface area contributed by atoms with Gasteiger partial charge in [-0.3, -0.25) is 9.78 Å². The molecule has 27 heavy (non-hydrogen) atoms. The number of anilines is 2. The van der Waals surface area contributed by atoms with E-state index >= 15 is 0 Å². The summed E-state index contributed by atoms with van der Waals surface area (Å²) < 4.78 is 0. The van der Waals surface area contributed by atoms with Crippen LogP contribution in [0.15, 0.2) is 61.1 Å². The minimum Gasteiger partial charge on any atom is -0.354 e. The average Bonchev–Trinajstić information content (AvgIpc) is 2.66. The number of amides is 1. The number of nitrogens with one attached hydrogen (secondary N) is 1. The first-order chi connectivity index (χ1) is 13.0. The Morgan fingerprint density at radius 1 is 1.00 bits per heavy atom. The number of aryl methyl sites for hydroxylation is 2. The zero-order valence-electron chi connectivity index (χ0n) is 15.9. The standard InChI is InChI=1S/C22H24N4O/c1-16-12-17(2)14-20(13-16)25-19-4-5-21(24-15-19)22(27)26(3)11-8-18-6-9-23-10-7-18/h4-7,9-10,12-15,25H,8,11H2,1-3H3. The van der Waals surface area contributed by atoms with Crippen molar-refractivity contribution in [2.45, 2.75) is 20.3 Å². The molecule has 2 heterocycles. The van der Waals surface area contributed by atoms with E-state index in [-0.39, 0.29) is 5.91 Å². The normalized spacial score (nSPS) is 10.5. The summed E-state index contributed by atoms with van der Waals surface area (Å²) >= 11 is 0. The molecule has 3 aromatic rings. The molecule has 3 rings (SSSR count). The Bertz CT molecular complexity index is 887. The quantitative estimate of drug-likeness (QED) is 0.717. The number of rotatable bonds is 6. The smallest absolute Gasteiger partial charge is 0.272 e. The molecule has 0 aliphatic rings. The van der Waals surface area contributed by atoms with Gasteiger partial charge in [-0.05, 0) is 73.4 Å². The van der Waals surface area contributed by atoms with Crippen LogP contribution in [0.2, 0.25) is 0 Å². The number of nitrogens with zero attached hydrogens (tertiary/aromatic N) is 3. The lowest BCUT2D eigenvalue weighted by molar-refractivity contribution is 0.0791. The first-order valence-corrected chi connectivity index (χ1v) is 8.97. The molecule has 0 radical (unpaired) electrons. The molecule has 0 atom stereocenters. The SMILES string of the molecule is Cc1cc(C)cc(Nc2ccc(C(=O)N(C)CCc3ccncc3)nc2)c1. The van der Waals surface area contributed by atoms with E-state index in [4.69, 9.17) is 0 Å². The molecule has 138 valence electrons. The first-order valence-electron chi connectivity index (χ1n) is 8.97. The van der Waals surface area contributed by atoms with E-state index in [0.717, 1.165) is 23.4 Å². The van der Waals surface area contributed by atoms with Crippen molar-refractivity contribution in [1.29, 1.82) is 0 Å². The van der Waals surface area contributed by atoms with E-state index in [1.54, 1.807) is 36.6 Å². The molecule has 0 bridgehead atoms. The summed E-state index contributed by atoms with van der Waals surface area (Å²) in [6, 6.07) is 13.9. The van der Waals surface area contributed by atoms with Gasteiger partial charge in [-0.2, -0.15) is 0 Å². The molecule has 1 aromatic carbocycles. The zero-order chi connectivity index (χ0) is 19.2. The van der Waals surface area contributed by atoms with Crippen LogP contribution in [-0.4, -0.2) is 34.4 Å². The Morgan fingerprint density at radius 2 is 1.70 bits per heavy atom. The van der Waals surface area contributed by atoms with Crippen molar-refractivity contribution in [2.24, 2.45) is 0 Å². The monoisotopic (exact) mass is 360 g/mol. The second-order valence-corrected chi connectivity index (χ2v) is 6.77. The predicted molar refractivity (Wildman–Crippen MR) is 108 cm³/mol. The number of pyridine rings is 2. The average molecular weight is 360 g/mol. The van der Waals surface area contributed by atoms with Crippen molar-refractivity contribution in [1.82, 2.24) is 14.9 Å². The topological polar surface area (TPSA) is 58.1 Å². The largest absolute Gasteiger partial charge is 0.354 e. The lowest BCUT2D eigenvalue weighted by atomic mass is 10.1. The fourth-order valence-electron chi connectivity index (χ4n) is 2.95. The third-order valence-corrected chi connectivity index (χ3v) is 4.32. The predicted octanol–water partition coefficient (Wildman–Crippen LogP) is 4.15. The van der Waals surface area contributed by atoms with E-state index in [1.165, 1.54) is 11.1 Å². The minimum atomic E-state index is -0.0815. The van der Waals surface area contributed by atoms with Crippen LogP contribution in [-0.2, 0) is 6.42 Å². The Hall–Kier alpha value is -3.21. The number of carbonyl (C=O) groups is 1. The number of carbonyl (C=O) groups excluding carboxylic acids is 1. The van der Waals surface area contributed by atoms with Gasteiger partial charge in [0.2, 0.25) is 0 Å². The Balaban J connectivity index is 1.61. The molecule has 0 saturated carbocycles. The Labute approximate surface area is 160 Å². The molecule has 2 aromatic heterocycles. The van der Waals surface area contributed by atoms with Crippen LogP contribution in [0.4, 0.5) is 11.4 Å². The van der Waals surface area contributed by atoms with Gasteiger partial charge in [-0.15, -0.1) is 0 Å². The highest BCUT2D eigenvalue weighted by Crippen LogP contribution is 2.19. The van der Waals surface area contributed by atoms with Crippen molar-refractivity contribution in [3.05, 3.63) is 83.4 Å². The van der Waals surface area contributed by atoms with E-state index in [1.807, 2.05) is 18.2 Å². The molecule has 1 amide bonds. The maximum Gasteiger partial charge on any atom is 0.272 e. The second-order valence-electron chi connectivity index (χ2n) is 6.77. The van der Waals surface area contributed by atoms with Gasteiger partial charge in [-0.1, -0.05) is 6.07 Å². The van der Waals surface area contributed by atoms with Crippen LogP contribution in [0.1, 0.15) is 27.2 Å². The molecule has 0 unspecified atom stereocenters. The Morgan fingerprint density at radius 3 is 2.33 bits per heavy atom. The van der Waals surface area contributed by atoms with Gasteiger partial charge < -0.3 is 10.2 Å². The van der Waals surface area contributed by atoms with E-state index in [2.05, 4.69) is 47.3 Å². The zero-order valence-corrected chi connectivity index (χ0v) is 15.9. The number of hydrogen-bond acceptors (Lipinski definition) is 4. The molecule has 0 fully saturated rings. The highest BCUT2D eigenvalue weighted by Gasteiger charge is 2.13. The van der Waals surface area contributed by atoms with E-state index < -0.39 is 0 Å². The lowest BCUT2D eigenvalue weighted by Gasteiger charge is -2.17. The molecule has 0 spiro atoms. The summed E-state index contributed by atoms with van der Waals surface area (Å²) in [4.78, 5) is 22.6. The first kappa shape index (κ1) is 18.6. The third kappa shape index (κ3) is 5.14. The van der Waals surface area contributed by atoms with Gasteiger partial charge >= 0.3 is 0 Å². The van der Waals surface area contributed by atoms with Crippen molar-refractivity contribution in [2.75, 3.05) is 18.9 Å². The van der Waals surface area contributed by atoms with Crippen molar-refractivity contribution in [3.63, 3.8) is 0 Å². The molecular weight excluding hydrogens is 336 g/mol. The van der Waals surface area contributed by atoms with Gasteiger partial charge in [0.05, 0.1) is 11.9 Å². The van der Waals surface area contributed by atoms with Gasteiger partial charge in [0.15, 0.2) is 0 Å². The maximum atomic E-state index is 12.6. The van der Waals surface area contributed by atoms with Gasteiger partial charge in [-0.25, -0.2) is 4.98 Å². The fraction of sp³-hybridized carbons (Fsp3) is 0.227. The van der Waals surface area contributed by atoms with E-state index in [0.29, 0.717) is 12.2 Å². The van der Waals surface area contributed by atoms with Crippen LogP contribution < -0.4 is 5.32 Å². The minimum absolute atomic E-state index is 0.0815. The molecule has 5 nitrogen and oxygen atoms in total. The van der Waals surface area contributed by atoms with Crippen LogP contribution in [0.3, 0.4) is 0 Å². The summed E-state index contributed by atoms with van der Waals surface area (Å²) in [5, 5.41) is 3.33. The fourth-order valence-corrected chi connectivity index (χ4v) is 2.95. The van der Waals surface area contributed by atoms with Gasteiger partial charge in [0, 0.05) is 31.7 Å². The summed E-state index contributed by atoms with van der Waals surface area (Å²) in [6.07, 6.45) is 6.01. The molecular formula is C22H24N4O. The number of hydrogen-bond donors (Lipinski definition) is 1. The van der Waals surface area contributed by atoms with Crippen molar-refractivity contribution >= 4 is 17.3 Å². The summed E-state index contributed by atoms with van der Waals surface area (Å²) in [5.41, 5.74) is 5.88. The van der Waals surface area contributed by atoms with Crippen molar-refractivity contribution in [3.8, 4) is 0 Å². The highest BCUT2D eigenvalue weighted by atomic mass is 16.2. The molecule has 0 aliphatic heterocycles. The van der Waals surface area contributed by atoms with Crippen LogP contribution in [0.25, 0.3) is 0 Å². The van der Waals surface area contributed by atoms with Crippen LogP contribution >= 0.6 is 0 Å². The highest BCUT2D eigenvalue weighted by molar-refractivity contribution is 5.92. The van der Waals surface area contributed by atoms with Gasteiger partial charge in [0.25, 0.3) is 5.91 Å². The number of benzene rings is 1. The lowest BCUT2D eigenvalue weighted by Crippen LogP contribution is -2.29. The maximum absolute atomic E-state index is 12.6. The third-order valence-electron chi connectivity index (χ3n) is 4.32. The second kappa shape index (κ2) is 8.45. The summed E-state index contributed by atoms with van der Waals surface area (Å²) in [5.74, 6) is -0.0815. The summed E-state index contributed by atoms with van der Waals surface area (Å²) in [6.45, 7) is 4.77. The molecule has 5 heteroatoms. The van der Waals surface area contributed by atoms with Crippen molar-refractivity contribution < 1.29 is 4.79 Å². The summed E-state index contributed by atoms with van der Waals surface area (Å²) in [7, 11) is 1.80. The van der Waals surface area contributed by atoms with Gasteiger partial charge in [0.1, 0.15) is 5.69 Å². The molecule has 0 saturated heterocycles. The number of likely N-dealkylation sites (N-methyl/N-ethyl adjacent to an activating group) is 1. The van der Waals surface area contributed by atoms with Crippen LogP contribution in [0.5, 0.6) is 0 Å². The number of aromatic nitrogens is 2. The van der Waals surface area contributed by atoms with E-state index in [9.17, 15) is 4.79 Å². The molecule has 1 N–H and O–H groups in total.